The number of aromatic nitrogens is 3. The van der Waals surface area contributed by atoms with Gasteiger partial charge in [-0.3, -0.25) is 4.98 Å². The van der Waals surface area contributed by atoms with Gasteiger partial charge in [-0.25, -0.2) is 9.89 Å². The van der Waals surface area contributed by atoms with E-state index in [1.807, 2.05) is 35.2 Å². The maximum absolute atomic E-state index is 13.3. The van der Waals surface area contributed by atoms with Crippen LogP contribution in [-0.2, 0) is 22.5 Å². The van der Waals surface area contributed by atoms with Crippen LogP contribution in [-0.4, -0.2) is 34.9 Å². The number of nitrogens with one attached hydrogen (secondary N) is 2. The molecular weight excluding hydrogens is 490 g/mol. The van der Waals surface area contributed by atoms with Crippen molar-refractivity contribution in [2.75, 3.05) is 24.6 Å². The van der Waals surface area contributed by atoms with Crippen LogP contribution in [0.2, 0.25) is 0 Å². The highest BCUT2D eigenvalue weighted by Gasteiger charge is 2.39. The Kier molecular flexibility index (Phi) is 6.91. The lowest BCUT2D eigenvalue weighted by Gasteiger charge is -2.42. The molecule has 36 heavy (non-hydrogen) atoms. The number of hydrogen-bond donors (Lipinski definition) is 2. The molecule has 0 spiro atoms. The van der Waals surface area contributed by atoms with Crippen LogP contribution in [0.4, 0.5) is 32.3 Å². The average Bonchev–Trinajstić information content (AvgIpc) is 3.28. The van der Waals surface area contributed by atoms with Gasteiger partial charge in [0.15, 0.2) is 0 Å². The van der Waals surface area contributed by atoms with Crippen molar-refractivity contribution in [1.82, 2.24) is 15.2 Å². The predicted octanol–water partition coefficient (Wildman–Crippen LogP) is 5.45. The summed E-state index contributed by atoms with van der Waals surface area (Å²) in [5.41, 5.74) is -2.96. The molecule has 12 heteroatoms. The van der Waals surface area contributed by atoms with E-state index in [1.54, 1.807) is 0 Å². The number of benzene rings is 2. The molecule has 1 unspecified atom stereocenters. The van der Waals surface area contributed by atoms with Crippen molar-refractivity contribution >= 4 is 5.95 Å². The third-order valence-electron chi connectivity index (χ3n) is 6.58. The maximum atomic E-state index is 13.3. The number of hydrogen-bond acceptors (Lipinski definition) is 4. The van der Waals surface area contributed by atoms with Gasteiger partial charge in [0.1, 0.15) is 0 Å². The van der Waals surface area contributed by atoms with Gasteiger partial charge in [0.05, 0.1) is 23.8 Å². The van der Waals surface area contributed by atoms with Crippen molar-refractivity contribution in [3.05, 3.63) is 81.3 Å². The SMILES string of the molecule is CC(OCC1(c2ccccc2)CCN(c2n[nH]c(=O)[nH]2)CC1)c1cc(C(F)(F)F)cc(C(F)(F)F)c1. The number of piperidine rings is 1. The number of ether oxygens (including phenoxy) is 1. The quantitative estimate of drug-likeness (QED) is 0.429. The molecule has 1 saturated heterocycles. The molecule has 1 aliphatic heterocycles. The van der Waals surface area contributed by atoms with E-state index >= 15 is 0 Å². The summed E-state index contributed by atoms with van der Waals surface area (Å²) in [5, 5.41) is 6.27. The van der Waals surface area contributed by atoms with Crippen molar-refractivity contribution in [2.45, 2.75) is 43.6 Å². The molecule has 2 aromatic carbocycles. The van der Waals surface area contributed by atoms with Crippen LogP contribution < -0.4 is 10.6 Å². The molecule has 3 aromatic rings. The third-order valence-corrected chi connectivity index (χ3v) is 6.58. The van der Waals surface area contributed by atoms with E-state index in [-0.39, 0.29) is 18.2 Å². The zero-order chi connectivity index (χ0) is 26.1. The lowest BCUT2D eigenvalue weighted by Crippen LogP contribution is -2.46. The van der Waals surface area contributed by atoms with E-state index < -0.39 is 40.7 Å². The Morgan fingerprint density at radius 2 is 1.58 bits per heavy atom. The van der Waals surface area contributed by atoms with Crippen molar-refractivity contribution in [3.63, 3.8) is 0 Å². The second-order valence-electron chi connectivity index (χ2n) is 8.93. The average molecular weight is 514 g/mol. The molecule has 0 aliphatic carbocycles. The van der Waals surface area contributed by atoms with Crippen LogP contribution >= 0.6 is 0 Å². The van der Waals surface area contributed by atoms with Gasteiger partial charge in [-0.15, -0.1) is 5.10 Å². The highest BCUT2D eigenvalue weighted by molar-refractivity contribution is 5.36. The smallest absolute Gasteiger partial charge is 0.373 e. The van der Waals surface area contributed by atoms with Crippen LogP contribution in [0.5, 0.6) is 0 Å². The number of H-pyrrole nitrogens is 2. The molecule has 0 amide bonds. The third kappa shape index (κ3) is 5.58. The van der Waals surface area contributed by atoms with Crippen LogP contribution in [0.3, 0.4) is 0 Å². The van der Waals surface area contributed by atoms with Gasteiger partial charge in [-0.2, -0.15) is 26.3 Å². The number of alkyl halides is 6. The lowest BCUT2D eigenvalue weighted by atomic mass is 9.73. The Morgan fingerprint density at radius 1 is 1.00 bits per heavy atom. The van der Waals surface area contributed by atoms with E-state index in [1.165, 1.54) is 6.92 Å². The highest BCUT2D eigenvalue weighted by atomic mass is 19.4. The molecule has 6 nitrogen and oxygen atoms in total. The molecule has 1 atom stereocenters. The van der Waals surface area contributed by atoms with E-state index in [0.717, 1.165) is 5.56 Å². The Morgan fingerprint density at radius 3 is 2.08 bits per heavy atom. The second-order valence-corrected chi connectivity index (χ2v) is 8.93. The summed E-state index contributed by atoms with van der Waals surface area (Å²) < 4.78 is 85.7. The summed E-state index contributed by atoms with van der Waals surface area (Å²) in [6.07, 6.45) is -9.75. The van der Waals surface area contributed by atoms with Crippen LogP contribution in [0.15, 0.2) is 53.3 Å². The number of anilines is 1. The van der Waals surface area contributed by atoms with Crippen molar-refractivity contribution in [1.29, 1.82) is 0 Å². The van der Waals surface area contributed by atoms with Crippen molar-refractivity contribution < 1.29 is 31.1 Å². The summed E-state index contributed by atoms with van der Waals surface area (Å²) in [4.78, 5) is 15.9. The largest absolute Gasteiger partial charge is 0.416 e. The Labute approximate surface area is 202 Å². The van der Waals surface area contributed by atoms with Crippen LogP contribution in [0.25, 0.3) is 0 Å². The van der Waals surface area contributed by atoms with E-state index in [9.17, 15) is 31.1 Å². The molecule has 2 N–H and O–H groups in total. The first-order valence-corrected chi connectivity index (χ1v) is 11.2. The normalized spacial score (nSPS) is 17.2. The van der Waals surface area contributed by atoms with Gasteiger partial charge in [0, 0.05) is 18.5 Å². The van der Waals surface area contributed by atoms with Gasteiger partial charge < -0.3 is 9.64 Å². The molecule has 0 radical (unpaired) electrons. The van der Waals surface area contributed by atoms with Crippen LogP contribution in [0.1, 0.15) is 48.1 Å². The zero-order valence-electron chi connectivity index (χ0n) is 19.2. The molecular formula is C24H24F6N4O2. The fourth-order valence-corrected chi connectivity index (χ4v) is 4.46. The second kappa shape index (κ2) is 9.64. The van der Waals surface area contributed by atoms with Gasteiger partial charge in [0.25, 0.3) is 0 Å². The summed E-state index contributed by atoms with van der Waals surface area (Å²) in [5.74, 6) is 0.402. The minimum absolute atomic E-state index is 0.0840. The van der Waals surface area contributed by atoms with Gasteiger partial charge in [0.2, 0.25) is 5.95 Å². The Hall–Kier alpha value is -3.28. The number of nitrogens with zero attached hydrogens (tertiary/aromatic N) is 2. The minimum atomic E-state index is -4.93. The number of aromatic amines is 2. The topological polar surface area (TPSA) is 74.0 Å². The van der Waals surface area contributed by atoms with E-state index in [2.05, 4.69) is 15.2 Å². The molecule has 4 rings (SSSR count). The molecule has 2 heterocycles. The predicted molar refractivity (Wildman–Crippen MR) is 120 cm³/mol. The van der Waals surface area contributed by atoms with Gasteiger partial charge >= 0.3 is 18.0 Å². The van der Waals surface area contributed by atoms with Crippen molar-refractivity contribution in [3.8, 4) is 0 Å². The first kappa shape index (κ1) is 25.8. The molecule has 1 fully saturated rings. The maximum Gasteiger partial charge on any atom is 0.416 e. The standard InChI is InChI=1S/C24H24F6N4O2/c1-15(16-11-18(23(25,26)27)13-19(12-16)24(28,29)30)36-14-22(17-5-3-2-4-6-17)7-9-34(10-8-22)20-31-21(35)33-32-20/h2-6,11-13,15H,7-10,14H2,1H3,(H2,31,32,33,35). The van der Waals surface area contributed by atoms with E-state index in [4.69, 9.17) is 4.74 Å². The minimum Gasteiger partial charge on any atom is -0.373 e. The summed E-state index contributed by atoms with van der Waals surface area (Å²) in [6.45, 7) is 2.54. The molecule has 1 aliphatic rings. The molecule has 0 bridgehead atoms. The van der Waals surface area contributed by atoms with Gasteiger partial charge in [-0.05, 0) is 49.1 Å². The first-order chi connectivity index (χ1) is 16.9. The highest BCUT2D eigenvalue weighted by Crippen LogP contribution is 2.40. The monoisotopic (exact) mass is 514 g/mol. The lowest BCUT2D eigenvalue weighted by molar-refractivity contribution is -0.143. The molecule has 0 saturated carbocycles. The molecule has 194 valence electrons. The summed E-state index contributed by atoms with van der Waals surface area (Å²) in [7, 11) is 0. The number of halogens is 6. The van der Waals surface area contributed by atoms with Crippen molar-refractivity contribution in [2.24, 2.45) is 0 Å². The van der Waals surface area contributed by atoms with Crippen LogP contribution in [0, 0.1) is 0 Å². The fraction of sp³-hybridized carbons (Fsp3) is 0.417. The fourth-order valence-electron chi connectivity index (χ4n) is 4.46. The Bertz CT molecular complexity index is 1200. The Balaban J connectivity index is 1.57. The van der Waals surface area contributed by atoms with E-state index in [0.29, 0.717) is 44.0 Å². The summed E-state index contributed by atoms with van der Waals surface area (Å²) >= 11 is 0. The number of rotatable bonds is 6. The first-order valence-electron chi connectivity index (χ1n) is 11.2. The summed E-state index contributed by atoms with van der Waals surface area (Å²) in [6, 6.07) is 10.9. The molecule has 1 aromatic heterocycles. The van der Waals surface area contributed by atoms with Gasteiger partial charge in [-0.1, -0.05) is 30.3 Å². The zero-order valence-corrected chi connectivity index (χ0v) is 19.2.